The molecule has 0 saturated carbocycles. The molecule has 1 aliphatic rings. The van der Waals surface area contributed by atoms with Gasteiger partial charge in [-0.2, -0.15) is 0 Å². The molecule has 1 fully saturated rings. The number of para-hydroxylation sites is 1. The third-order valence-electron chi connectivity index (χ3n) is 6.46. The molecule has 2 aromatic heterocycles. The van der Waals surface area contributed by atoms with Gasteiger partial charge in [-0.1, -0.05) is 24.3 Å². The predicted molar refractivity (Wildman–Crippen MR) is 149 cm³/mol. The number of nitrogens with zero attached hydrogens (tertiary/aromatic N) is 3. The summed E-state index contributed by atoms with van der Waals surface area (Å²) in [6.45, 7) is 1.49. The van der Waals surface area contributed by atoms with Gasteiger partial charge in [-0.05, 0) is 61.1 Å². The Balaban J connectivity index is 1.41. The molecule has 1 aliphatic heterocycles. The van der Waals surface area contributed by atoms with Crippen LogP contribution in [0.1, 0.15) is 30.0 Å². The molecule has 2 aromatic carbocycles. The van der Waals surface area contributed by atoms with Gasteiger partial charge in [-0.25, -0.2) is 0 Å². The Bertz CT molecular complexity index is 1410. The van der Waals surface area contributed by atoms with E-state index in [1.54, 1.807) is 12.3 Å². The Labute approximate surface area is 225 Å². The molecule has 0 radical (unpaired) electrons. The second-order valence-electron chi connectivity index (χ2n) is 8.81. The molecule has 0 spiro atoms. The fourth-order valence-electron chi connectivity index (χ4n) is 4.65. The number of anilines is 1. The van der Waals surface area contributed by atoms with Crippen molar-refractivity contribution in [2.24, 2.45) is 0 Å². The van der Waals surface area contributed by atoms with Gasteiger partial charge in [-0.3, -0.25) is 15.1 Å². The first-order valence-corrected chi connectivity index (χ1v) is 12.7. The Morgan fingerprint density at radius 2 is 1.95 bits per heavy atom. The van der Waals surface area contributed by atoms with Crippen LogP contribution in [-0.4, -0.2) is 40.1 Å². The molecule has 9 nitrogen and oxygen atoms in total. The highest BCUT2D eigenvalue weighted by Gasteiger charge is 2.41. The summed E-state index contributed by atoms with van der Waals surface area (Å²) in [6.07, 6.45) is 2.62. The normalized spacial score (nSPS) is 16.8. The monoisotopic (exact) mass is 529 g/mol. The Morgan fingerprint density at radius 1 is 1.13 bits per heavy atom. The third-order valence-corrected chi connectivity index (χ3v) is 6.81. The SMILES string of the molecule is COc1cc([N+](=O)[O-])ccc1-c1ccc([C@@H]2[C@@H](c3ccccn3)NC(=S)N2CCCNc2ccccc2)o1. The average Bonchev–Trinajstić information content (AvgIpc) is 3.56. The first-order valence-electron chi connectivity index (χ1n) is 12.2. The van der Waals surface area contributed by atoms with Gasteiger partial charge >= 0.3 is 0 Å². The number of nitro benzene ring substituents is 1. The fraction of sp³-hybridized carbons (Fsp3) is 0.214. The van der Waals surface area contributed by atoms with Gasteiger partial charge in [0, 0.05) is 31.0 Å². The van der Waals surface area contributed by atoms with Crippen LogP contribution in [0.3, 0.4) is 0 Å². The standard InChI is InChI=1S/C28H27N5O4S/c1-36-25-18-20(33(34)35)11-12-21(25)23-13-14-24(37-23)27-26(22-10-5-6-15-30-22)31-28(38)32(27)17-7-16-29-19-8-3-2-4-9-19/h2-6,8-15,18,26-27,29H,7,16-17H2,1H3,(H,31,38)/t26-,27-/m1/s1. The second kappa shape index (κ2) is 11.3. The summed E-state index contributed by atoms with van der Waals surface area (Å²) in [4.78, 5) is 17.5. The minimum absolute atomic E-state index is 0.0479. The number of nitro groups is 1. The average molecular weight is 530 g/mol. The molecule has 0 bridgehead atoms. The number of pyridine rings is 1. The number of methoxy groups -OCH3 is 1. The zero-order chi connectivity index (χ0) is 26.5. The molecule has 2 atom stereocenters. The van der Waals surface area contributed by atoms with Crippen molar-refractivity contribution in [3.05, 3.63) is 107 Å². The Hall–Kier alpha value is -4.44. The molecule has 0 aliphatic carbocycles. The first-order chi connectivity index (χ1) is 18.5. The Morgan fingerprint density at radius 3 is 2.68 bits per heavy atom. The lowest BCUT2D eigenvalue weighted by atomic mass is 10.0. The minimum Gasteiger partial charge on any atom is -0.496 e. The topological polar surface area (TPSA) is 106 Å². The maximum absolute atomic E-state index is 11.2. The number of aromatic nitrogens is 1. The zero-order valence-corrected chi connectivity index (χ0v) is 21.6. The molecular weight excluding hydrogens is 502 g/mol. The van der Waals surface area contributed by atoms with Crippen molar-refractivity contribution in [2.45, 2.75) is 18.5 Å². The van der Waals surface area contributed by atoms with Crippen molar-refractivity contribution >= 4 is 28.7 Å². The molecule has 0 unspecified atom stereocenters. The molecule has 38 heavy (non-hydrogen) atoms. The van der Waals surface area contributed by atoms with E-state index in [2.05, 4.69) is 20.5 Å². The molecule has 3 heterocycles. The number of furan rings is 1. The second-order valence-corrected chi connectivity index (χ2v) is 9.20. The summed E-state index contributed by atoms with van der Waals surface area (Å²) in [5, 5.41) is 18.7. The van der Waals surface area contributed by atoms with Crippen molar-refractivity contribution in [2.75, 3.05) is 25.5 Å². The van der Waals surface area contributed by atoms with Crippen LogP contribution in [0.25, 0.3) is 11.3 Å². The molecule has 194 valence electrons. The number of rotatable bonds is 10. The van der Waals surface area contributed by atoms with Crippen molar-refractivity contribution in [3.8, 4) is 17.1 Å². The molecule has 2 N–H and O–H groups in total. The summed E-state index contributed by atoms with van der Waals surface area (Å²) in [6, 6.07) is 23.7. The lowest BCUT2D eigenvalue weighted by Crippen LogP contribution is -2.31. The van der Waals surface area contributed by atoms with E-state index in [9.17, 15) is 10.1 Å². The summed E-state index contributed by atoms with van der Waals surface area (Å²) in [7, 11) is 1.48. The maximum Gasteiger partial charge on any atom is 0.273 e. The minimum atomic E-state index is -0.451. The van der Waals surface area contributed by atoms with Crippen LogP contribution < -0.4 is 15.4 Å². The van der Waals surface area contributed by atoms with E-state index in [0.29, 0.717) is 34.5 Å². The lowest BCUT2D eigenvalue weighted by molar-refractivity contribution is -0.384. The van der Waals surface area contributed by atoms with Gasteiger partial charge in [0.15, 0.2) is 5.11 Å². The lowest BCUT2D eigenvalue weighted by Gasteiger charge is -2.26. The molecular formula is C28H27N5O4S. The summed E-state index contributed by atoms with van der Waals surface area (Å²) < 4.78 is 11.8. The van der Waals surface area contributed by atoms with Gasteiger partial charge in [0.1, 0.15) is 23.3 Å². The van der Waals surface area contributed by atoms with E-state index >= 15 is 0 Å². The number of benzene rings is 2. The highest BCUT2D eigenvalue weighted by molar-refractivity contribution is 7.80. The predicted octanol–water partition coefficient (Wildman–Crippen LogP) is 5.73. The quantitative estimate of drug-likeness (QED) is 0.115. The zero-order valence-electron chi connectivity index (χ0n) is 20.7. The van der Waals surface area contributed by atoms with Crippen LogP contribution in [0, 0.1) is 10.1 Å². The first kappa shape index (κ1) is 25.2. The highest BCUT2D eigenvalue weighted by atomic mass is 32.1. The van der Waals surface area contributed by atoms with Crippen LogP contribution in [-0.2, 0) is 0 Å². The van der Waals surface area contributed by atoms with Crippen LogP contribution in [0.5, 0.6) is 5.75 Å². The van der Waals surface area contributed by atoms with Crippen molar-refractivity contribution in [1.82, 2.24) is 15.2 Å². The van der Waals surface area contributed by atoms with E-state index in [4.69, 9.17) is 21.4 Å². The van der Waals surface area contributed by atoms with Crippen molar-refractivity contribution in [1.29, 1.82) is 0 Å². The van der Waals surface area contributed by atoms with Crippen LogP contribution >= 0.6 is 12.2 Å². The van der Waals surface area contributed by atoms with E-state index in [-0.39, 0.29) is 17.8 Å². The van der Waals surface area contributed by atoms with Crippen LogP contribution in [0.2, 0.25) is 0 Å². The molecule has 4 aromatic rings. The van der Waals surface area contributed by atoms with E-state index in [1.807, 2.05) is 60.7 Å². The third kappa shape index (κ3) is 5.30. The Kier molecular flexibility index (Phi) is 7.50. The van der Waals surface area contributed by atoms with Gasteiger partial charge in [0.05, 0.1) is 35.4 Å². The summed E-state index contributed by atoms with van der Waals surface area (Å²) in [5.41, 5.74) is 2.51. The molecule has 5 rings (SSSR count). The van der Waals surface area contributed by atoms with E-state index in [0.717, 1.165) is 24.3 Å². The highest BCUT2D eigenvalue weighted by Crippen LogP contribution is 2.42. The van der Waals surface area contributed by atoms with Crippen molar-refractivity contribution in [3.63, 3.8) is 0 Å². The summed E-state index contributed by atoms with van der Waals surface area (Å²) >= 11 is 5.76. The van der Waals surface area contributed by atoms with Crippen LogP contribution in [0.15, 0.2) is 89.5 Å². The number of thiocarbonyl (C=S) groups is 1. The van der Waals surface area contributed by atoms with Gasteiger partial charge in [-0.15, -0.1) is 0 Å². The van der Waals surface area contributed by atoms with Gasteiger partial charge in [0.25, 0.3) is 5.69 Å². The molecule has 1 saturated heterocycles. The smallest absolute Gasteiger partial charge is 0.273 e. The number of hydrogen-bond acceptors (Lipinski definition) is 7. The van der Waals surface area contributed by atoms with Crippen LogP contribution in [0.4, 0.5) is 11.4 Å². The number of hydrogen-bond donors (Lipinski definition) is 2. The number of non-ortho nitro benzene ring substituents is 1. The number of ether oxygens (including phenoxy) is 1. The summed E-state index contributed by atoms with van der Waals surface area (Å²) in [5.74, 6) is 1.62. The molecule has 0 amide bonds. The fourth-order valence-corrected chi connectivity index (χ4v) is 4.98. The van der Waals surface area contributed by atoms with Crippen molar-refractivity contribution < 1.29 is 14.1 Å². The van der Waals surface area contributed by atoms with E-state index in [1.165, 1.54) is 19.2 Å². The largest absolute Gasteiger partial charge is 0.496 e. The van der Waals surface area contributed by atoms with Gasteiger partial charge < -0.3 is 24.7 Å². The molecule has 10 heteroatoms. The maximum atomic E-state index is 11.2. The number of nitrogens with one attached hydrogen (secondary N) is 2. The van der Waals surface area contributed by atoms with Gasteiger partial charge in [0.2, 0.25) is 0 Å². The van der Waals surface area contributed by atoms with E-state index < -0.39 is 4.92 Å².